The highest BCUT2D eigenvalue weighted by Crippen LogP contribution is 2.41. The summed E-state index contributed by atoms with van der Waals surface area (Å²) < 4.78 is 57.3. The van der Waals surface area contributed by atoms with Gasteiger partial charge >= 0.3 is 18.1 Å². The van der Waals surface area contributed by atoms with Crippen LogP contribution in [-0.4, -0.2) is 43.0 Å². The lowest BCUT2D eigenvalue weighted by atomic mass is 9.70. The van der Waals surface area contributed by atoms with E-state index in [4.69, 9.17) is 14.2 Å². The van der Waals surface area contributed by atoms with E-state index in [9.17, 15) is 22.8 Å². The summed E-state index contributed by atoms with van der Waals surface area (Å²) in [5.41, 5.74) is 0. The van der Waals surface area contributed by atoms with Crippen LogP contribution in [0.3, 0.4) is 0 Å². The van der Waals surface area contributed by atoms with Crippen LogP contribution in [0.2, 0.25) is 0 Å². The van der Waals surface area contributed by atoms with Gasteiger partial charge in [-0.3, -0.25) is 9.59 Å². The fourth-order valence-electron chi connectivity index (χ4n) is 7.64. The largest absolute Gasteiger partial charge is 0.462 e. The SMILES string of the molecule is CCCCCCCCOC1CCC(C2CCC(C(=O)OC3CCC(C(=O)OC(CCCCCC)C(F)(F)F)CC3)CC2)CC1. The van der Waals surface area contributed by atoms with E-state index in [1.165, 1.54) is 51.4 Å². The van der Waals surface area contributed by atoms with E-state index in [1.54, 1.807) is 0 Å². The van der Waals surface area contributed by atoms with Gasteiger partial charge in [0.15, 0.2) is 6.10 Å². The van der Waals surface area contributed by atoms with E-state index in [1.807, 2.05) is 6.92 Å². The fourth-order valence-corrected chi connectivity index (χ4v) is 7.64. The first kappa shape index (κ1) is 37.2. The molecule has 0 heterocycles. The van der Waals surface area contributed by atoms with Gasteiger partial charge < -0.3 is 14.2 Å². The van der Waals surface area contributed by atoms with Gasteiger partial charge in [-0.15, -0.1) is 0 Å². The van der Waals surface area contributed by atoms with Gasteiger partial charge in [0.2, 0.25) is 0 Å². The zero-order valence-electron chi connectivity index (χ0n) is 27.7. The highest BCUT2D eigenvalue weighted by atomic mass is 19.4. The van der Waals surface area contributed by atoms with E-state index in [-0.39, 0.29) is 24.4 Å². The van der Waals surface area contributed by atoms with Gasteiger partial charge in [-0.25, -0.2) is 0 Å². The van der Waals surface area contributed by atoms with E-state index in [0.717, 1.165) is 63.9 Å². The Morgan fingerprint density at radius 2 is 1.09 bits per heavy atom. The molecule has 3 aliphatic rings. The third kappa shape index (κ3) is 13.2. The Hall–Kier alpha value is -1.31. The number of rotatable bonds is 18. The maximum atomic E-state index is 13.4. The van der Waals surface area contributed by atoms with Crippen molar-refractivity contribution in [3.63, 3.8) is 0 Å². The zero-order chi connectivity index (χ0) is 31.8. The fraction of sp³-hybridized carbons (Fsp3) is 0.944. The Morgan fingerprint density at radius 1 is 0.614 bits per heavy atom. The number of unbranched alkanes of at least 4 members (excludes halogenated alkanes) is 8. The molecule has 3 aliphatic carbocycles. The number of hydrogen-bond donors (Lipinski definition) is 0. The smallest absolute Gasteiger partial charge is 0.425 e. The van der Waals surface area contributed by atoms with Gasteiger partial charge in [-0.1, -0.05) is 65.2 Å². The van der Waals surface area contributed by atoms with Crippen LogP contribution in [0.25, 0.3) is 0 Å². The van der Waals surface area contributed by atoms with Crippen molar-refractivity contribution in [2.24, 2.45) is 23.7 Å². The minimum atomic E-state index is -4.55. The van der Waals surface area contributed by atoms with Gasteiger partial charge in [0, 0.05) is 6.61 Å². The predicted octanol–water partition coefficient (Wildman–Crippen LogP) is 10.3. The van der Waals surface area contributed by atoms with Gasteiger partial charge in [0.05, 0.1) is 17.9 Å². The molecule has 0 aromatic rings. The highest BCUT2D eigenvalue weighted by Gasteiger charge is 2.44. The summed E-state index contributed by atoms with van der Waals surface area (Å²) in [4.78, 5) is 25.5. The first-order valence-electron chi connectivity index (χ1n) is 18.3. The van der Waals surface area contributed by atoms with E-state index in [2.05, 4.69) is 6.92 Å². The Kier molecular flexibility index (Phi) is 16.9. The highest BCUT2D eigenvalue weighted by molar-refractivity contribution is 5.73. The number of halogens is 3. The third-order valence-electron chi connectivity index (χ3n) is 10.6. The van der Waals surface area contributed by atoms with Crippen molar-refractivity contribution in [3.8, 4) is 0 Å². The summed E-state index contributed by atoms with van der Waals surface area (Å²) in [6, 6.07) is 0. The average Bonchev–Trinajstić information content (AvgIpc) is 3.02. The molecule has 0 aromatic heterocycles. The molecular formula is C36H61F3O5. The van der Waals surface area contributed by atoms with Crippen molar-refractivity contribution in [2.75, 3.05) is 6.61 Å². The van der Waals surface area contributed by atoms with Crippen LogP contribution >= 0.6 is 0 Å². The standard InChI is InChI=1S/C36H61F3O5/c1-3-5-7-9-10-12-26-42-31-22-18-28(19-23-31)27-14-16-29(17-15-27)34(40)43-32-24-20-30(21-25-32)35(41)44-33(36(37,38)39)13-11-8-6-4-2/h27-33H,3-26H2,1-2H3. The molecule has 8 heteroatoms. The molecule has 0 bridgehead atoms. The first-order valence-corrected chi connectivity index (χ1v) is 18.3. The van der Waals surface area contributed by atoms with Crippen molar-refractivity contribution in [1.29, 1.82) is 0 Å². The quantitative estimate of drug-likeness (QED) is 0.111. The normalized spacial score (nSPS) is 28.8. The Balaban J connectivity index is 1.28. The summed E-state index contributed by atoms with van der Waals surface area (Å²) in [5, 5.41) is 0. The molecule has 3 fully saturated rings. The molecule has 0 aromatic carbocycles. The number of hydrogen-bond acceptors (Lipinski definition) is 5. The van der Waals surface area contributed by atoms with Crippen LogP contribution in [0.4, 0.5) is 13.2 Å². The molecule has 0 spiro atoms. The van der Waals surface area contributed by atoms with Gasteiger partial charge in [-0.05, 0) is 108 Å². The number of carbonyl (C=O) groups is 2. The van der Waals surface area contributed by atoms with Crippen LogP contribution in [-0.2, 0) is 23.8 Å². The maximum absolute atomic E-state index is 13.4. The number of esters is 2. The second kappa shape index (κ2) is 20.0. The van der Waals surface area contributed by atoms with Gasteiger partial charge in [0.1, 0.15) is 6.10 Å². The third-order valence-corrected chi connectivity index (χ3v) is 10.6. The Morgan fingerprint density at radius 3 is 1.68 bits per heavy atom. The van der Waals surface area contributed by atoms with Crippen LogP contribution in [0.1, 0.15) is 162 Å². The van der Waals surface area contributed by atoms with Crippen molar-refractivity contribution in [3.05, 3.63) is 0 Å². The molecule has 5 nitrogen and oxygen atoms in total. The molecule has 0 radical (unpaired) electrons. The molecule has 3 rings (SSSR count). The van der Waals surface area contributed by atoms with E-state index < -0.39 is 24.2 Å². The summed E-state index contributed by atoms with van der Waals surface area (Å²) >= 11 is 0. The molecule has 3 saturated carbocycles. The van der Waals surface area contributed by atoms with Crippen LogP contribution in [0.15, 0.2) is 0 Å². The molecule has 1 atom stereocenters. The second-order valence-electron chi connectivity index (χ2n) is 14.0. The monoisotopic (exact) mass is 630 g/mol. The molecule has 0 amide bonds. The van der Waals surface area contributed by atoms with Crippen molar-refractivity contribution < 1.29 is 37.0 Å². The van der Waals surface area contributed by atoms with E-state index in [0.29, 0.717) is 50.5 Å². The molecule has 0 saturated heterocycles. The summed E-state index contributed by atoms with van der Waals surface area (Å²) in [6.07, 6.45) is 14.5. The lowest BCUT2D eigenvalue weighted by Crippen LogP contribution is -2.37. The zero-order valence-corrected chi connectivity index (χ0v) is 27.7. The number of alkyl halides is 3. The first-order chi connectivity index (χ1) is 21.2. The maximum Gasteiger partial charge on any atom is 0.425 e. The minimum Gasteiger partial charge on any atom is -0.462 e. The molecule has 256 valence electrons. The molecule has 0 N–H and O–H groups in total. The van der Waals surface area contributed by atoms with Gasteiger partial charge in [-0.2, -0.15) is 13.2 Å². The van der Waals surface area contributed by atoms with Crippen LogP contribution in [0, 0.1) is 23.7 Å². The molecule has 1 unspecified atom stereocenters. The molecule has 44 heavy (non-hydrogen) atoms. The second-order valence-corrected chi connectivity index (χ2v) is 14.0. The van der Waals surface area contributed by atoms with Crippen LogP contribution < -0.4 is 0 Å². The Labute approximate surface area is 265 Å². The molecule has 0 aliphatic heterocycles. The van der Waals surface area contributed by atoms with Crippen molar-refractivity contribution in [1.82, 2.24) is 0 Å². The predicted molar refractivity (Wildman–Crippen MR) is 167 cm³/mol. The number of carbonyl (C=O) groups excluding carboxylic acids is 2. The topological polar surface area (TPSA) is 61.8 Å². The lowest BCUT2D eigenvalue weighted by Gasteiger charge is -2.37. The average molecular weight is 631 g/mol. The van der Waals surface area contributed by atoms with Crippen molar-refractivity contribution >= 4 is 11.9 Å². The summed E-state index contributed by atoms with van der Waals surface area (Å²) in [5.74, 6) is -0.0886. The Bertz CT molecular complexity index is 794. The van der Waals surface area contributed by atoms with Gasteiger partial charge in [0.25, 0.3) is 0 Å². The number of ether oxygens (including phenoxy) is 3. The lowest BCUT2D eigenvalue weighted by molar-refractivity contribution is -0.225. The molecular weight excluding hydrogens is 569 g/mol. The summed E-state index contributed by atoms with van der Waals surface area (Å²) in [6.45, 7) is 5.15. The summed E-state index contributed by atoms with van der Waals surface area (Å²) in [7, 11) is 0. The van der Waals surface area contributed by atoms with Crippen LogP contribution in [0.5, 0.6) is 0 Å². The van der Waals surface area contributed by atoms with Crippen molar-refractivity contribution in [2.45, 2.75) is 186 Å². The minimum absolute atomic E-state index is 0.0637. The van der Waals surface area contributed by atoms with E-state index >= 15 is 0 Å².